The monoisotopic (exact) mass is 298 g/mol. The summed E-state index contributed by atoms with van der Waals surface area (Å²) in [4.78, 5) is 11.4. The molecule has 0 aromatic carbocycles. The van der Waals surface area contributed by atoms with E-state index in [1.165, 1.54) is 0 Å². The zero-order valence-corrected chi connectivity index (χ0v) is 11.2. The molecule has 0 aliphatic heterocycles. The molecule has 0 atom stereocenters. The average Bonchev–Trinajstić information content (AvgIpc) is 2.21. The van der Waals surface area contributed by atoms with Crippen molar-refractivity contribution < 1.29 is 17.9 Å². The third-order valence-electron chi connectivity index (χ3n) is 1.85. The van der Waals surface area contributed by atoms with Gasteiger partial charge in [-0.05, 0) is 31.9 Å². The molecule has 1 heterocycles. The van der Waals surface area contributed by atoms with E-state index in [1.54, 1.807) is 13.8 Å². The second-order valence-corrected chi connectivity index (χ2v) is 4.36. The van der Waals surface area contributed by atoms with Crippen LogP contribution in [0.25, 0.3) is 0 Å². The third-order valence-corrected chi connectivity index (χ3v) is 2.02. The lowest BCUT2D eigenvalue weighted by Crippen LogP contribution is -2.14. The van der Waals surface area contributed by atoms with Crippen LogP contribution in [-0.2, 0) is 0 Å². The number of anilines is 1. The fourth-order valence-corrected chi connectivity index (χ4v) is 1.32. The fourth-order valence-electron chi connectivity index (χ4n) is 1.16. The molecule has 1 N–H and O–H groups in total. The van der Waals surface area contributed by atoms with Crippen LogP contribution >= 0.6 is 11.6 Å². The van der Waals surface area contributed by atoms with Gasteiger partial charge in [-0.3, -0.25) is 0 Å². The highest BCUT2D eigenvalue weighted by Gasteiger charge is 2.25. The number of aromatic nitrogens is 3. The summed E-state index contributed by atoms with van der Waals surface area (Å²) in [5, 5.41) is 2.57. The van der Waals surface area contributed by atoms with E-state index < -0.39 is 12.6 Å². The molecule has 0 radical (unpaired) electrons. The molecular formula is C10H14ClF3N4O. The highest BCUT2D eigenvalue weighted by molar-refractivity contribution is 6.28. The van der Waals surface area contributed by atoms with Crippen LogP contribution < -0.4 is 10.1 Å². The number of nitrogens with zero attached hydrogens (tertiary/aromatic N) is 3. The molecule has 5 nitrogen and oxygen atoms in total. The molecule has 0 amide bonds. The molecule has 9 heteroatoms. The van der Waals surface area contributed by atoms with Crippen molar-refractivity contribution in [1.29, 1.82) is 0 Å². The highest BCUT2D eigenvalue weighted by Crippen LogP contribution is 2.21. The van der Waals surface area contributed by atoms with Crippen molar-refractivity contribution >= 4 is 17.5 Å². The molecule has 0 unspecified atom stereocenters. The summed E-state index contributed by atoms with van der Waals surface area (Å²) in [7, 11) is 0. The summed E-state index contributed by atoms with van der Waals surface area (Å²) in [6, 6.07) is 0.0355. The van der Waals surface area contributed by atoms with E-state index in [0.29, 0.717) is 0 Å². The Bertz CT molecular complexity index is 414. The second-order valence-electron chi connectivity index (χ2n) is 4.02. The van der Waals surface area contributed by atoms with Crippen molar-refractivity contribution in [2.45, 2.75) is 39.0 Å². The van der Waals surface area contributed by atoms with Crippen LogP contribution in [0.5, 0.6) is 6.01 Å². The van der Waals surface area contributed by atoms with Gasteiger partial charge in [-0.25, -0.2) is 0 Å². The molecule has 0 fully saturated rings. The van der Waals surface area contributed by atoms with Crippen LogP contribution in [0.4, 0.5) is 19.1 Å². The van der Waals surface area contributed by atoms with Crippen molar-refractivity contribution in [2.75, 3.05) is 11.9 Å². The predicted molar refractivity (Wildman–Crippen MR) is 64.4 cm³/mol. The van der Waals surface area contributed by atoms with Gasteiger partial charge in [-0.2, -0.15) is 28.1 Å². The van der Waals surface area contributed by atoms with E-state index >= 15 is 0 Å². The maximum atomic E-state index is 11.9. The molecule has 0 bridgehead atoms. The number of hydrogen-bond donors (Lipinski definition) is 1. The molecule has 1 aromatic heterocycles. The number of nitrogens with one attached hydrogen (secondary N) is 1. The summed E-state index contributed by atoms with van der Waals surface area (Å²) in [5.41, 5.74) is 0. The molecular weight excluding hydrogens is 285 g/mol. The molecule has 0 spiro atoms. The smallest absolute Gasteiger partial charge is 0.389 e. The van der Waals surface area contributed by atoms with E-state index in [2.05, 4.69) is 20.3 Å². The van der Waals surface area contributed by atoms with Gasteiger partial charge in [0.25, 0.3) is 0 Å². The molecule has 0 aliphatic carbocycles. The second kappa shape index (κ2) is 6.74. The first-order valence-corrected chi connectivity index (χ1v) is 6.03. The normalized spacial score (nSPS) is 11.7. The number of ether oxygens (including phenoxy) is 1. The Hall–Kier alpha value is -1.31. The Morgan fingerprint density at radius 2 is 1.95 bits per heavy atom. The van der Waals surface area contributed by atoms with Gasteiger partial charge in [-0.1, -0.05) is 0 Å². The Kier molecular flexibility index (Phi) is 5.59. The first-order valence-electron chi connectivity index (χ1n) is 5.65. The van der Waals surface area contributed by atoms with Gasteiger partial charge >= 0.3 is 12.2 Å². The van der Waals surface area contributed by atoms with E-state index in [1.807, 2.05) is 0 Å². The molecule has 108 valence electrons. The zero-order valence-electron chi connectivity index (χ0n) is 10.5. The van der Waals surface area contributed by atoms with Gasteiger partial charge in [-0.15, -0.1) is 0 Å². The SMILES string of the molecule is CC(C)Oc1nc(Cl)nc(NCCCC(F)(F)F)n1. The number of halogens is 4. The quantitative estimate of drug-likeness (QED) is 0.818. The molecule has 0 saturated heterocycles. The molecule has 1 rings (SSSR count). The molecule has 0 saturated carbocycles. The Balaban J connectivity index is 2.51. The standard InChI is InChI=1S/C10H14ClF3N4O/c1-6(2)19-9-17-7(11)16-8(18-9)15-5-3-4-10(12,13)14/h6H,3-5H2,1-2H3,(H,15,16,17,18). The fraction of sp³-hybridized carbons (Fsp3) is 0.700. The minimum atomic E-state index is -4.16. The lowest BCUT2D eigenvalue weighted by Gasteiger charge is -2.10. The number of rotatable bonds is 6. The maximum Gasteiger partial charge on any atom is 0.389 e. The van der Waals surface area contributed by atoms with Crippen molar-refractivity contribution in [3.05, 3.63) is 5.28 Å². The van der Waals surface area contributed by atoms with E-state index in [0.717, 1.165) is 0 Å². The number of alkyl halides is 3. The highest BCUT2D eigenvalue weighted by atomic mass is 35.5. The zero-order chi connectivity index (χ0) is 14.5. The van der Waals surface area contributed by atoms with Gasteiger partial charge in [0.2, 0.25) is 11.2 Å². The Labute approximate surface area is 113 Å². The largest absolute Gasteiger partial charge is 0.461 e. The van der Waals surface area contributed by atoms with Crippen LogP contribution in [0.3, 0.4) is 0 Å². The van der Waals surface area contributed by atoms with Gasteiger partial charge in [0.15, 0.2) is 0 Å². The van der Waals surface area contributed by atoms with Crippen LogP contribution in [-0.4, -0.2) is 33.8 Å². The van der Waals surface area contributed by atoms with Crippen LogP contribution in [0.1, 0.15) is 26.7 Å². The summed E-state index contributed by atoms with van der Waals surface area (Å²) in [6.45, 7) is 3.66. The van der Waals surface area contributed by atoms with E-state index in [9.17, 15) is 13.2 Å². The first-order chi connectivity index (χ1) is 8.76. The van der Waals surface area contributed by atoms with Crippen molar-refractivity contribution in [2.24, 2.45) is 0 Å². The van der Waals surface area contributed by atoms with Crippen molar-refractivity contribution in [3.63, 3.8) is 0 Å². The number of hydrogen-bond acceptors (Lipinski definition) is 5. The van der Waals surface area contributed by atoms with Gasteiger partial charge in [0, 0.05) is 13.0 Å². The third kappa shape index (κ3) is 7.00. The first kappa shape index (κ1) is 15.7. The van der Waals surface area contributed by atoms with Gasteiger partial charge in [0.05, 0.1) is 6.10 Å². The average molecular weight is 299 g/mol. The molecule has 1 aromatic rings. The Morgan fingerprint density at radius 1 is 1.26 bits per heavy atom. The van der Waals surface area contributed by atoms with E-state index in [4.69, 9.17) is 16.3 Å². The minimum absolute atomic E-state index is 0.0355. The summed E-state index contributed by atoms with van der Waals surface area (Å²) >= 11 is 5.66. The van der Waals surface area contributed by atoms with Crippen LogP contribution in [0, 0.1) is 0 Å². The maximum absolute atomic E-state index is 11.9. The molecule has 19 heavy (non-hydrogen) atoms. The lowest BCUT2D eigenvalue weighted by atomic mass is 10.3. The summed E-state index contributed by atoms with van der Waals surface area (Å²) < 4.78 is 41.1. The summed E-state index contributed by atoms with van der Waals surface area (Å²) in [5.74, 6) is 0.0952. The lowest BCUT2D eigenvalue weighted by molar-refractivity contribution is -0.134. The van der Waals surface area contributed by atoms with Crippen LogP contribution in [0.2, 0.25) is 5.28 Å². The Morgan fingerprint density at radius 3 is 2.53 bits per heavy atom. The summed E-state index contributed by atoms with van der Waals surface area (Å²) in [6.07, 6.45) is -5.25. The molecule has 0 aliphatic rings. The van der Waals surface area contributed by atoms with Crippen molar-refractivity contribution in [3.8, 4) is 6.01 Å². The minimum Gasteiger partial charge on any atom is -0.461 e. The van der Waals surface area contributed by atoms with Crippen LogP contribution in [0.15, 0.2) is 0 Å². The predicted octanol–water partition coefficient (Wildman–Crippen LogP) is 3.07. The van der Waals surface area contributed by atoms with Gasteiger partial charge in [0.1, 0.15) is 0 Å². The topological polar surface area (TPSA) is 59.9 Å². The van der Waals surface area contributed by atoms with Crippen molar-refractivity contribution in [1.82, 2.24) is 15.0 Å². The van der Waals surface area contributed by atoms with Gasteiger partial charge < -0.3 is 10.1 Å². The van der Waals surface area contributed by atoms with E-state index in [-0.39, 0.29) is 36.3 Å².